The van der Waals surface area contributed by atoms with Crippen LogP contribution in [-0.2, 0) is 10.0 Å². The van der Waals surface area contributed by atoms with Crippen molar-refractivity contribution in [2.24, 2.45) is 5.92 Å². The van der Waals surface area contributed by atoms with Gasteiger partial charge in [-0.05, 0) is 31.7 Å². The van der Waals surface area contributed by atoms with Gasteiger partial charge in [0.1, 0.15) is 4.90 Å². The summed E-state index contributed by atoms with van der Waals surface area (Å²) < 4.78 is 56.2. The first-order valence-corrected chi connectivity index (χ1v) is 11.8. The van der Waals surface area contributed by atoms with Crippen molar-refractivity contribution in [3.05, 3.63) is 23.5 Å². The average molecular weight is 457 g/mol. The second kappa shape index (κ2) is 7.50. The van der Waals surface area contributed by atoms with E-state index in [1.165, 1.54) is 6.20 Å². The topological polar surface area (TPSA) is 101 Å². The van der Waals surface area contributed by atoms with E-state index < -0.39 is 27.0 Å². The molecule has 0 spiro atoms. The molecule has 1 fully saturated rings. The van der Waals surface area contributed by atoms with Gasteiger partial charge in [-0.3, -0.25) is 4.40 Å². The quantitative estimate of drug-likeness (QED) is 0.536. The third kappa shape index (κ3) is 4.16. The standard InChI is InChI=1S/C18H22F2N6O2S2/c1-10(2)7-21-12-6-11(30(27,28)25-18(3)4-5-18)9-26-13(12)8-22-15(26)17-24-23-16(29-17)14(19)20/h6,8-10,14,21,25H,4-5,7H2,1-3H3. The van der Waals surface area contributed by atoms with Crippen LogP contribution in [0.25, 0.3) is 16.3 Å². The van der Waals surface area contributed by atoms with Gasteiger partial charge in [-0.2, -0.15) is 0 Å². The van der Waals surface area contributed by atoms with Crippen LogP contribution in [0.4, 0.5) is 14.5 Å². The van der Waals surface area contributed by atoms with Crippen molar-refractivity contribution < 1.29 is 17.2 Å². The van der Waals surface area contributed by atoms with Crippen LogP contribution in [0.1, 0.15) is 45.0 Å². The van der Waals surface area contributed by atoms with E-state index in [9.17, 15) is 17.2 Å². The second-order valence-corrected chi connectivity index (χ2v) is 10.8. The zero-order valence-electron chi connectivity index (χ0n) is 16.7. The lowest BCUT2D eigenvalue weighted by atomic mass is 10.2. The summed E-state index contributed by atoms with van der Waals surface area (Å²) >= 11 is 0.730. The van der Waals surface area contributed by atoms with E-state index in [-0.39, 0.29) is 15.7 Å². The third-order valence-corrected chi connectivity index (χ3v) is 7.36. The minimum absolute atomic E-state index is 0.0622. The molecule has 1 saturated carbocycles. The van der Waals surface area contributed by atoms with Crippen LogP contribution in [-0.4, -0.2) is 40.1 Å². The van der Waals surface area contributed by atoms with Crippen LogP contribution in [0.5, 0.6) is 0 Å². The zero-order valence-corrected chi connectivity index (χ0v) is 18.3. The van der Waals surface area contributed by atoms with E-state index in [2.05, 4.69) is 25.2 Å². The van der Waals surface area contributed by atoms with Crippen LogP contribution in [0.3, 0.4) is 0 Å². The molecular weight excluding hydrogens is 434 g/mol. The minimum atomic E-state index is -3.78. The molecule has 0 radical (unpaired) electrons. The molecule has 8 nitrogen and oxygen atoms in total. The SMILES string of the molecule is CC(C)CNc1cc(S(=O)(=O)NC2(C)CC2)cn2c(-c3nnc(C(F)F)s3)ncc12. The zero-order chi connectivity index (χ0) is 21.7. The van der Waals surface area contributed by atoms with Gasteiger partial charge in [0, 0.05) is 18.3 Å². The predicted octanol–water partition coefficient (Wildman–Crippen LogP) is 3.69. The number of pyridine rings is 1. The number of sulfonamides is 1. The Morgan fingerprint density at radius 1 is 1.30 bits per heavy atom. The summed E-state index contributed by atoms with van der Waals surface area (Å²) in [6.07, 6.45) is 1.84. The minimum Gasteiger partial charge on any atom is -0.383 e. The molecule has 0 aliphatic heterocycles. The number of anilines is 1. The Hall–Kier alpha value is -2.18. The maximum atomic E-state index is 13.0. The van der Waals surface area contributed by atoms with Crippen molar-refractivity contribution in [3.8, 4) is 10.8 Å². The normalized spacial score (nSPS) is 16.0. The molecule has 0 atom stereocenters. The van der Waals surface area contributed by atoms with Gasteiger partial charge in [0.15, 0.2) is 15.8 Å². The summed E-state index contributed by atoms with van der Waals surface area (Å²) in [5, 5.41) is 10.4. The Morgan fingerprint density at radius 3 is 2.63 bits per heavy atom. The molecule has 0 saturated heterocycles. The van der Waals surface area contributed by atoms with E-state index in [0.29, 0.717) is 23.7 Å². The Morgan fingerprint density at radius 2 is 2.03 bits per heavy atom. The van der Waals surface area contributed by atoms with Crippen molar-refractivity contribution in [1.82, 2.24) is 24.3 Å². The molecule has 4 rings (SSSR count). The molecule has 0 bridgehead atoms. The largest absolute Gasteiger partial charge is 0.383 e. The first-order chi connectivity index (χ1) is 14.1. The van der Waals surface area contributed by atoms with Gasteiger partial charge in [0.25, 0.3) is 6.43 Å². The monoisotopic (exact) mass is 456 g/mol. The number of fused-ring (bicyclic) bond motifs is 1. The lowest BCUT2D eigenvalue weighted by molar-refractivity contribution is 0.150. The molecule has 1 aliphatic rings. The lowest BCUT2D eigenvalue weighted by Crippen LogP contribution is -2.34. The highest BCUT2D eigenvalue weighted by molar-refractivity contribution is 7.89. The predicted molar refractivity (Wildman–Crippen MR) is 110 cm³/mol. The number of imidazole rings is 1. The summed E-state index contributed by atoms with van der Waals surface area (Å²) in [4.78, 5) is 4.37. The third-order valence-electron chi connectivity index (χ3n) is 4.83. The molecule has 0 amide bonds. The molecular formula is C18H22F2N6O2S2. The Bertz CT molecular complexity index is 1180. The number of hydrogen-bond donors (Lipinski definition) is 2. The van der Waals surface area contributed by atoms with Crippen LogP contribution < -0.4 is 10.0 Å². The van der Waals surface area contributed by atoms with E-state index >= 15 is 0 Å². The van der Waals surface area contributed by atoms with Crippen molar-refractivity contribution >= 4 is 32.6 Å². The Balaban J connectivity index is 1.83. The van der Waals surface area contributed by atoms with E-state index in [4.69, 9.17) is 0 Å². The summed E-state index contributed by atoms with van der Waals surface area (Å²) in [6, 6.07) is 1.57. The summed E-state index contributed by atoms with van der Waals surface area (Å²) in [6.45, 7) is 6.56. The highest BCUT2D eigenvalue weighted by Crippen LogP contribution is 2.37. The van der Waals surface area contributed by atoms with E-state index in [1.54, 1.807) is 16.7 Å². The number of nitrogens with one attached hydrogen (secondary N) is 2. The average Bonchev–Trinajstić information content (AvgIpc) is 3.09. The fourth-order valence-electron chi connectivity index (χ4n) is 2.92. The highest BCUT2D eigenvalue weighted by atomic mass is 32.2. The number of nitrogens with zero attached hydrogens (tertiary/aromatic N) is 4. The molecule has 30 heavy (non-hydrogen) atoms. The van der Waals surface area contributed by atoms with Gasteiger partial charge in [-0.25, -0.2) is 26.9 Å². The number of rotatable bonds is 8. The second-order valence-electron chi connectivity index (χ2n) is 8.11. The van der Waals surface area contributed by atoms with Gasteiger partial charge in [0.05, 0.1) is 17.4 Å². The van der Waals surface area contributed by atoms with Crippen molar-refractivity contribution in [1.29, 1.82) is 0 Å². The van der Waals surface area contributed by atoms with Gasteiger partial charge < -0.3 is 5.32 Å². The highest BCUT2D eigenvalue weighted by Gasteiger charge is 2.41. The smallest absolute Gasteiger partial charge is 0.291 e. The molecule has 2 N–H and O–H groups in total. The van der Waals surface area contributed by atoms with E-state index in [0.717, 1.165) is 24.2 Å². The molecule has 3 aromatic heterocycles. The van der Waals surface area contributed by atoms with Gasteiger partial charge in [0.2, 0.25) is 10.0 Å². The summed E-state index contributed by atoms with van der Waals surface area (Å²) in [7, 11) is -3.78. The van der Waals surface area contributed by atoms with Crippen LogP contribution in [0.15, 0.2) is 23.4 Å². The fraction of sp³-hybridized carbons (Fsp3) is 0.500. The fourth-order valence-corrected chi connectivity index (χ4v) is 5.10. The Kier molecular flexibility index (Phi) is 5.27. The van der Waals surface area contributed by atoms with Gasteiger partial charge >= 0.3 is 0 Å². The van der Waals surface area contributed by atoms with E-state index in [1.807, 2.05) is 20.8 Å². The molecule has 3 aromatic rings. The first-order valence-electron chi connectivity index (χ1n) is 9.49. The number of hydrogen-bond acceptors (Lipinski definition) is 7. The molecule has 12 heteroatoms. The first kappa shape index (κ1) is 21.1. The summed E-state index contributed by atoms with van der Waals surface area (Å²) in [5.41, 5.74) is 0.781. The van der Waals surface area contributed by atoms with Crippen LogP contribution in [0, 0.1) is 5.92 Å². The van der Waals surface area contributed by atoms with Crippen LogP contribution in [0.2, 0.25) is 0 Å². The summed E-state index contributed by atoms with van der Waals surface area (Å²) in [5.74, 6) is 0.588. The lowest BCUT2D eigenvalue weighted by Gasteiger charge is -2.16. The molecule has 3 heterocycles. The van der Waals surface area contributed by atoms with Crippen molar-refractivity contribution in [2.75, 3.05) is 11.9 Å². The molecule has 0 unspecified atom stereocenters. The molecule has 1 aliphatic carbocycles. The molecule has 0 aromatic carbocycles. The van der Waals surface area contributed by atoms with Gasteiger partial charge in [-0.15, -0.1) is 10.2 Å². The maximum absolute atomic E-state index is 13.0. The van der Waals surface area contributed by atoms with Crippen LogP contribution >= 0.6 is 11.3 Å². The number of aromatic nitrogens is 4. The molecule has 162 valence electrons. The number of halogens is 2. The van der Waals surface area contributed by atoms with Crippen molar-refractivity contribution in [2.45, 2.75) is 50.5 Å². The maximum Gasteiger partial charge on any atom is 0.291 e. The number of alkyl halides is 2. The van der Waals surface area contributed by atoms with Gasteiger partial charge in [-0.1, -0.05) is 25.2 Å². The Labute approximate surface area is 176 Å². The van der Waals surface area contributed by atoms with Crippen molar-refractivity contribution in [3.63, 3.8) is 0 Å².